The van der Waals surface area contributed by atoms with Crippen molar-refractivity contribution in [3.05, 3.63) is 58.6 Å². The van der Waals surface area contributed by atoms with Crippen molar-refractivity contribution in [1.82, 2.24) is 5.32 Å². The van der Waals surface area contributed by atoms with Crippen molar-refractivity contribution < 1.29 is 9.47 Å². The Morgan fingerprint density at radius 1 is 0.964 bits per heavy atom. The molecule has 0 bridgehead atoms. The summed E-state index contributed by atoms with van der Waals surface area (Å²) in [4.78, 5) is 0. The van der Waals surface area contributed by atoms with Crippen LogP contribution in [0.2, 0.25) is 5.02 Å². The first kappa shape index (κ1) is 22.9. The Labute approximate surface area is 180 Å². The summed E-state index contributed by atoms with van der Waals surface area (Å²) in [6, 6.07) is 14.7. The second-order valence-electron chi connectivity index (χ2n) is 7.31. The van der Waals surface area contributed by atoms with E-state index in [2.05, 4.69) is 5.32 Å². The molecule has 0 atom stereocenters. The molecule has 0 aromatic heterocycles. The highest BCUT2D eigenvalue weighted by molar-refractivity contribution is 6.32. The molecule has 0 radical (unpaired) electrons. The summed E-state index contributed by atoms with van der Waals surface area (Å²) in [6.07, 6.45) is 9.31. The summed E-state index contributed by atoms with van der Waals surface area (Å²) in [5, 5.41) is 4.30. The molecule has 0 unspecified atom stereocenters. The van der Waals surface area contributed by atoms with Gasteiger partial charge in [-0.05, 0) is 36.1 Å². The molecule has 1 saturated carbocycles. The second-order valence-corrected chi connectivity index (χ2v) is 7.71. The van der Waals surface area contributed by atoms with E-state index in [1.165, 1.54) is 44.9 Å². The average molecular weight is 424 g/mol. The van der Waals surface area contributed by atoms with Crippen LogP contribution in [0.25, 0.3) is 0 Å². The zero-order valence-electron chi connectivity index (χ0n) is 16.6. The van der Waals surface area contributed by atoms with E-state index >= 15 is 0 Å². The Kier molecular flexibility index (Phi) is 9.97. The van der Waals surface area contributed by atoms with E-state index in [1.54, 1.807) is 7.11 Å². The van der Waals surface area contributed by atoms with Gasteiger partial charge in [-0.3, -0.25) is 0 Å². The fraction of sp³-hybridized carbons (Fsp3) is 0.478. The minimum Gasteiger partial charge on any atom is -0.493 e. The molecule has 0 heterocycles. The Morgan fingerprint density at radius 2 is 1.64 bits per heavy atom. The van der Waals surface area contributed by atoms with E-state index in [1.807, 2.05) is 42.5 Å². The van der Waals surface area contributed by atoms with Gasteiger partial charge < -0.3 is 14.8 Å². The SMILES string of the molecule is COc1cc(CNC2CCCCCCC2)cc(Cl)c1OCc1ccccc1.Cl. The van der Waals surface area contributed by atoms with Gasteiger partial charge >= 0.3 is 0 Å². The smallest absolute Gasteiger partial charge is 0.180 e. The van der Waals surface area contributed by atoms with Crippen LogP contribution in [0.15, 0.2) is 42.5 Å². The first-order valence-corrected chi connectivity index (χ1v) is 10.4. The fourth-order valence-electron chi connectivity index (χ4n) is 3.67. The summed E-state index contributed by atoms with van der Waals surface area (Å²) in [7, 11) is 1.66. The Balaban J connectivity index is 0.00000280. The topological polar surface area (TPSA) is 30.5 Å². The van der Waals surface area contributed by atoms with Crippen LogP contribution >= 0.6 is 24.0 Å². The Bertz CT molecular complexity index is 701. The van der Waals surface area contributed by atoms with Gasteiger partial charge in [0.2, 0.25) is 0 Å². The summed E-state index contributed by atoms with van der Waals surface area (Å²) in [5.41, 5.74) is 2.23. The normalized spacial score (nSPS) is 15.2. The lowest BCUT2D eigenvalue weighted by Crippen LogP contribution is -2.29. The highest BCUT2D eigenvalue weighted by Gasteiger charge is 2.14. The fourth-order valence-corrected chi connectivity index (χ4v) is 3.96. The molecule has 1 N–H and O–H groups in total. The van der Waals surface area contributed by atoms with E-state index in [9.17, 15) is 0 Å². The molecule has 3 rings (SSSR count). The van der Waals surface area contributed by atoms with Crippen LogP contribution < -0.4 is 14.8 Å². The van der Waals surface area contributed by atoms with Gasteiger partial charge in [0.25, 0.3) is 0 Å². The lowest BCUT2D eigenvalue weighted by atomic mass is 9.96. The van der Waals surface area contributed by atoms with Gasteiger partial charge in [0.05, 0.1) is 12.1 Å². The lowest BCUT2D eigenvalue weighted by Gasteiger charge is -2.21. The van der Waals surface area contributed by atoms with E-state index in [4.69, 9.17) is 21.1 Å². The van der Waals surface area contributed by atoms with Crippen molar-refractivity contribution in [2.75, 3.05) is 7.11 Å². The summed E-state index contributed by atoms with van der Waals surface area (Å²) >= 11 is 6.52. The second kappa shape index (κ2) is 12.2. The summed E-state index contributed by atoms with van der Waals surface area (Å²) in [6.45, 7) is 1.27. The molecule has 1 fully saturated rings. The molecule has 2 aromatic rings. The van der Waals surface area contributed by atoms with E-state index in [0.717, 1.165) is 17.7 Å². The van der Waals surface area contributed by atoms with Crippen molar-refractivity contribution in [3.8, 4) is 11.5 Å². The number of benzene rings is 2. The predicted octanol–water partition coefficient (Wildman–Crippen LogP) is 6.55. The molecule has 0 saturated heterocycles. The molecule has 28 heavy (non-hydrogen) atoms. The standard InChI is InChI=1S/C23H30ClNO2.ClH/c1-26-22-15-19(16-25-20-12-8-3-2-4-9-13-20)14-21(24)23(22)27-17-18-10-6-5-7-11-18;/h5-7,10-11,14-15,20,25H,2-4,8-9,12-13,16-17H2,1H3;1H. The Hall–Kier alpha value is -1.42. The maximum atomic E-state index is 6.52. The van der Waals surface area contributed by atoms with Gasteiger partial charge in [0.15, 0.2) is 11.5 Å². The van der Waals surface area contributed by atoms with Crippen LogP contribution in [0, 0.1) is 0 Å². The third-order valence-corrected chi connectivity index (χ3v) is 5.50. The van der Waals surface area contributed by atoms with Crippen LogP contribution in [0.3, 0.4) is 0 Å². The van der Waals surface area contributed by atoms with Crippen molar-refractivity contribution in [1.29, 1.82) is 0 Å². The van der Waals surface area contributed by atoms with Gasteiger partial charge in [-0.2, -0.15) is 0 Å². The molecule has 1 aliphatic rings. The Morgan fingerprint density at radius 3 is 2.32 bits per heavy atom. The quantitative estimate of drug-likeness (QED) is 0.547. The third kappa shape index (κ3) is 6.88. The molecule has 2 aromatic carbocycles. The number of rotatable bonds is 7. The molecule has 154 valence electrons. The number of ether oxygens (including phenoxy) is 2. The average Bonchev–Trinajstić information content (AvgIpc) is 2.66. The van der Waals surface area contributed by atoms with Crippen molar-refractivity contribution in [3.63, 3.8) is 0 Å². The number of nitrogens with one attached hydrogen (secondary N) is 1. The van der Waals surface area contributed by atoms with Crippen LogP contribution in [-0.4, -0.2) is 13.2 Å². The summed E-state index contributed by atoms with van der Waals surface area (Å²) < 4.78 is 11.5. The molecule has 0 spiro atoms. The minimum atomic E-state index is 0. The van der Waals surface area contributed by atoms with Gasteiger partial charge in [0, 0.05) is 12.6 Å². The van der Waals surface area contributed by atoms with Crippen LogP contribution in [0.4, 0.5) is 0 Å². The zero-order chi connectivity index (χ0) is 18.9. The molecular formula is C23H31Cl2NO2. The first-order valence-electron chi connectivity index (χ1n) is 10.0. The number of hydrogen-bond acceptors (Lipinski definition) is 3. The summed E-state index contributed by atoms with van der Waals surface area (Å²) in [5.74, 6) is 1.30. The van der Waals surface area contributed by atoms with E-state index in [-0.39, 0.29) is 12.4 Å². The predicted molar refractivity (Wildman–Crippen MR) is 119 cm³/mol. The molecule has 1 aliphatic carbocycles. The maximum absolute atomic E-state index is 6.52. The molecular weight excluding hydrogens is 393 g/mol. The monoisotopic (exact) mass is 423 g/mol. The van der Waals surface area contributed by atoms with Crippen molar-refractivity contribution >= 4 is 24.0 Å². The van der Waals surface area contributed by atoms with Crippen LogP contribution in [0.1, 0.15) is 56.1 Å². The minimum absolute atomic E-state index is 0. The van der Waals surface area contributed by atoms with Gasteiger partial charge in [-0.1, -0.05) is 74.0 Å². The molecule has 0 amide bonds. The maximum Gasteiger partial charge on any atom is 0.180 e. The first-order chi connectivity index (χ1) is 13.3. The van der Waals surface area contributed by atoms with Crippen molar-refractivity contribution in [2.24, 2.45) is 0 Å². The van der Waals surface area contributed by atoms with Gasteiger partial charge in [0.1, 0.15) is 6.61 Å². The lowest BCUT2D eigenvalue weighted by molar-refractivity contribution is 0.284. The van der Waals surface area contributed by atoms with E-state index < -0.39 is 0 Å². The highest BCUT2D eigenvalue weighted by Crippen LogP contribution is 2.37. The largest absolute Gasteiger partial charge is 0.493 e. The van der Waals surface area contributed by atoms with E-state index in [0.29, 0.717) is 29.2 Å². The van der Waals surface area contributed by atoms with Gasteiger partial charge in [-0.25, -0.2) is 0 Å². The molecule has 5 heteroatoms. The molecule has 3 nitrogen and oxygen atoms in total. The third-order valence-electron chi connectivity index (χ3n) is 5.22. The van der Waals surface area contributed by atoms with Crippen LogP contribution in [-0.2, 0) is 13.2 Å². The van der Waals surface area contributed by atoms with Crippen LogP contribution in [0.5, 0.6) is 11.5 Å². The number of halogens is 2. The number of hydrogen-bond donors (Lipinski definition) is 1. The van der Waals surface area contributed by atoms with Crippen molar-refractivity contribution in [2.45, 2.75) is 64.1 Å². The highest BCUT2D eigenvalue weighted by atomic mass is 35.5. The molecule has 0 aliphatic heterocycles. The number of methoxy groups -OCH3 is 1. The zero-order valence-corrected chi connectivity index (χ0v) is 18.2. The van der Waals surface area contributed by atoms with Gasteiger partial charge in [-0.15, -0.1) is 12.4 Å².